The van der Waals surface area contributed by atoms with Gasteiger partial charge in [0.25, 0.3) is 0 Å². The predicted molar refractivity (Wildman–Crippen MR) is 72.7 cm³/mol. The summed E-state index contributed by atoms with van der Waals surface area (Å²) in [5.74, 6) is 0.125. The smallest absolute Gasteiger partial charge is 0.339 e. The molecule has 0 spiro atoms. The molecule has 1 aromatic rings. The van der Waals surface area contributed by atoms with E-state index < -0.39 is 0 Å². The van der Waals surface area contributed by atoms with Crippen LogP contribution in [0.1, 0.15) is 42.5 Å². The minimum atomic E-state index is -0.377. The molecule has 0 unspecified atom stereocenters. The molecule has 98 valence electrons. The Morgan fingerprint density at radius 1 is 1.33 bits per heavy atom. The Morgan fingerprint density at radius 2 is 2.06 bits per heavy atom. The zero-order valence-electron chi connectivity index (χ0n) is 10.3. The maximum absolute atomic E-state index is 11.9. The molecule has 0 heterocycles. The fourth-order valence-corrected chi connectivity index (χ4v) is 2.52. The minimum absolute atomic E-state index is 0.354. The average Bonchev–Trinajstić information content (AvgIpc) is 2.40. The highest BCUT2D eigenvalue weighted by Crippen LogP contribution is 2.25. The number of hydrogen-bond acceptors (Lipinski definition) is 3. The van der Waals surface area contributed by atoms with E-state index in [0.717, 1.165) is 12.8 Å². The summed E-state index contributed by atoms with van der Waals surface area (Å²) < 4.78 is 5.32. The van der Waals surface area contributed by atoms with Crippen molar-refractivity contribution in [2.75, 3.05) is 12.3 Å². The van der Waals surface area contributed by atoms with Crippen LogP contribution in [-0.4, -0.2) is 12.6 Å². The Balaban J connectivity index is 1.92. The number of halogens is 1. The molecule has 0 amide bonds. The summed E-state index contributed by atoms with van der Waals surface area (Å²) in [5, 5.41) is 0.387. The van der Waals surface area contributed by atoms with Crippen molar-refractivity contribution < 1.29 is 9.53 Å². The van der Waals surface area contributed by atoms with Crippen LogP contribution in [-0.2, 0) is 4.74 Å². The van der Waals surface area contributed by atoms with Gasteiger partial charge in [0.1, 0.15) is 0 Å². The molecule has 0 radical (unpaired) electrons. The predicted octanol–water partition coefficient (Wildman–Crippen LogP) is 3.66. The van der Waals surface area contributed by atoms with E-state index in [1.165, 1.54) is 19.3 Å². The molecule has 3 nitrogen and oxygen atoms in total. The molecule has 0 bridgehead atoms. The second-order valence-corrected chi connectivity index (χ2v) is 5.25. The summed E-state index contributed by atoms with van der Waals surface area (Å²) in [6.45, 7) is 0.490. The zero-order chi connectivity index (χ0) is 13.0. The molecule has 0 saturated heterocycles. The average molecular weight is 268 g/mol. The third-order valence-electron chi connectivity index (χ3n) is 3.39. The highest BCUT2D eigenvalue weighted by Gasteiger charge is 2.17. The van der Waals surface area contributed by atoms with Gasteiger partial charge in [-0.05, 0) is 37.0 Å². The number of nitrogens with two attached hydrogens (primary N) is 1. The number of ether oxygens (including phenoxy) is 1. The van der Waals surface area contributed by atoms with Gasteiger partial charge in [0.2, 0.25) is 0 Å². The van der Waals surface area contributed by atoms with Gasteiger partial charge >= 0.3 is 5.97 Å². The van der Waals surface area contributed by atoms with Crippen LogP contribution in [0.3, 0.4) is 0 Å². The van der Waals surface area contributed by atoms with E-state index in [2.05, 4.69) is 0 Å². The number of rotatable bonds is 3. The van der Waals surface area contributed by atoms with E-state index in [1.54, 1.807) is 18.2 Å². The van der Waals surface area contributed by atoms with Gasteiger partial charge in [0.05, 0.1) is 17.2 Å². The van der Waals surface area contributed by atoms with Gasteiger partial charge in [-0.25, -0.2) is 4.79 Å². The van der Waals surface area contributed by atoms with Crippen molar-refractivity contribution in [1.29, 1.82) is 0 Å². The van der Waals surface area contributed by atoms with E-state index in [0.29, 0.717) is 28.8 Å². The van der Waals surface area contributed by atoms with Crippen LogP contribution in [0.5, 0.6) is 0 Å². The Kier molecular flexibility index (Phi) is 4.48. The summed E-state index contributed by atoms with van der Waals surface area (Å²) in [6.07, 6.45) is 6.07. The zero-order valence-corrected chi connectivity index (χ0v) is 11.1. The Labute approximate surface area is 112 Å². The largest absolute Gasteiger partial charge is 0.462 e. The first-order valence-corrected chi connectivity index (χ1v) is 6.77. The topological polar surface area (TPSA) is 52.3 Å². The lowest BCUT2D eigenvalue weighted by molar-refractivity contribution is 0.0410. The number of hydrogen-bond donors (Lipinski definition) is 1. The van der Waals surface area contributed by atoms with E-state index in [-0.39, 0.29) is 5.97 Å². The molecule has 2 rings (SSSR count). The first-order chi connectivity index (χ1) is 8.66. The normalized spacial score (nSPS) is 16.5. The molecular formula is C14H18ClNO2. The molecule has 0 aliphatic heterocycles. The molecule has 1 aliphatic carbocycles. The Hall–Kier alpha value is -1.22. The van der Waals surface area contributed by atoms with Gasteiger partial charge in [0.15, 0.2) is 0 Å². The van der Waals surface area contributed by atoms with Crippen molar-refractivity contribution in [3.8, 4) is 0 Å². The molecule has 18 heavy (non-hydrogen) atoms. The quantitative estimate of drug-likeness (QED) is 0.672. The van der Waals surface area contributed by atoms with E-state index in [4.69, 9.17) is 22.1 Å². The lowest BCUT2D eigenvalue weighted by Gasteiger charge is -2.21. The number of esters is 1. The van der Waals surface area contributed by atoms with Gasteiger partial charge in [-0.1, -0.05) is 30.9 Å². The van der Waals surface area contributed by atoms with Crippen molar-refractivity contribution in [2.24, 2.45) is 5.92 Å². The first kappa shape index (κ1) is 13.2. The van der Waals surface area contributed by atoms with Crippen LogP contribution < -0.4 is 5.73 Å². The maximum atomic E-state index is 11.9. The molecule has 0 atom stereocenters. The number of carbonyl (C=O) groups is 1. The number of carbonyl (C=O) groups excluding carboxylic acids is 1. The van der Waals surface area contributed by atoms with E-state index >= 15 is 0 Å². The molecule has 1 saturated carbocycles. The van der Waals surface area contributed by atoms with Gasteiger partial charge < -0.3 is 10.5 Å². The fraction of sp³-hybridized carbons (Fsp3) is 0.500. The summed E-state index contributed by atoms with van der Waals surface area (Å²) >= 11 is 5.96. The lowest BCUT2D eigenvalue weighted by Crippen LogP contribution is -2.17. The summed E-state index contributed by atoms with van der Waals surface area (Å²) in [4.78, 5) is 11.9. The number of anilines is 1. The molecule has 1 aliphatic rings. The Bertz CT molecular complexity index is 428. The molecule has 1 aromatic carbocycles. The molecule has 4 heteroatoms. The third kappa shape index (κ3) is 3.39. The second kappa shape index (κ2) is 6.10. The highest BCUT2D eigenvalue weighted by molar-refractivity contribution is 6.33. The van der Waals surface area contributed by atoms with Crippen LogP contribution in [0.2, 0.25) is 5.02 Å². The van der Waals surface area contributed by atoms with E-state index in [9.17, 15) is 4.79 Å². The third-order valence-corrected chi connectivity index (χ3v) is 3.71. The maximum Gasteiger partial charge on any atom is 0.339 e. The van der Waals surface area contributed by atoms with E-state index in [1.807, 2.05) is 0 Å². The van der Waals surface area contributed by atoms with Crippen molar-refractivity contribution >= 4 is 23.3 Å². The van der Waals surface area contributed by atoms with Gasteiger partial charge in [-0.15, -0.1) is 0 Å². The van der Waals surface area contributed by atoms with Crippen LogP contribution in [0.4, 0.5) is 5.69 Å². The summed E-state index contributed by atoms with van der Waals surface area (Å²) in [7, 11) is 0. The highest BCUT2D eigenvalue weighted by atomic mass is 35.5. The van der Waals surface area contributed by atoms with Crippen LogP contribution >= 0.6 is 11.6 Å². The molecule has 2 N–H and O–H groups in total. The Morgan fingerprint density at radius 3 is 2.78 bits per heavy atom. The van der Waals surface area contributed by atoms with Crippen molar-refractivity contribution in [3.63, 3.8) is 0 Å². The van der Waals surface area contributed by atoms with Crippen LogP contribution in [0.15, 0.2) is 18.2 Å². The van der Waals surface area contributed by atoms with Gasteiger partial charge in [-0.2, -0.15) is 0 Å². The summed E-state index contributed by atoms with van der Waals surface area (Å²) in [6, 6.07) is 4.85. The van der Waals surface area contributed by atoms with Gasteiger partial charge in [-0.3, -0.25) is 0 Å². The molecular weight excluding hydrogens is 250 g/mol. The standard InChI is InChI=1S/C14H18ClNO2/c15-13-7-6-11(16)8-12(13)14(17)18-9-10-4-2-1-3-5-10/h6-8,10H,1-5,9,16H2. The van der Waals surface area contributed by atoms with Crippen molar-refractivity contribution in [2.45, 2.75) is 32.1 Å². The molecule has 1 fully saturated rings. The molecule has 0 aromatic heterocycles. The fourth-order valence-electron chi connectivity index (χ4n) is 2.32. The monoisotopic (exact) mass is 267 g/mol. The van der Waals surface area contributed by atoms with Gasteiger partial charge in [0, 0.05) is 5.69 Å². The SMILES string of the molecule is Nc1ccc(Cl)c(C(=O)OCC2CCCCC2)c1. The van der Waals surface area contributed by atoms with Crippen LogP contribution in [0, 0.1) is 5.92 Å². The van der Waals surface area contributed by atoms with Crippen molar-refractivity contribution in [3.05, 3.63) is 28.8 Å². The van der Waals surface area contributed by atoms with Crippen molar-refractivity contribution in [1.82, 2.24) is 0 Å². The minimum Gasteiger partial charge on any atom is -0.462 e. The van der Waals surface area contributed by atoms with Crippen LogP contribution in [0.25, 0.3) is 0 Å². The summed E-state index contributed by atoms with van der Waals surface area (Å²) in [5.41, 5.74) is 6.51. The number of benzene rings is 1. The number of nitrogen functional groups attached to an aromatic ring is 1. The first-order valence-electron chi connectivity index (χ1n) is 6.39. The second-order valence-electron chi connectivity index (χ2n) is 4.84. The lowest BCUT2D eigenvalue weighted by atomic mass is 9.90.